The predicted molar refractivity (Wildman–Crippen MR) is 228 cm³/mol. The van der Waals surface area contributed by atoms with E-state index in [4.69, 9.17) is 9.47 Å². The van der Waals surface area contributed by atoms with Gasteiger partial charge < -0.3 is 19.3 Å². The van der Waals surface area contributed by atoms with E-state index in [1.165, 1.54) is 12.2 Å². The van der Waals surface area contributed by atoms with Gasteiger partial charge in [-0.25, -0.2) is 9.59 Å². The van der Waals surface area contributed by atoms with Gasteiger partial charge in [-0.2, -0.15) is 0 Å². The summed E-state index contributed by atoms with van der Waals surface area (Å²) in [5.74, 6) is -0.0533. The fourth-order valence-corrected chi connectivity index (χ4v) is 7.01. The molecule has 0 amide bonds. The molecular formula is C50H36N2O4. The maximum absolute atomic E-state index is 12.1. The Bertz CT molecular complexity index is 2520. The quantitative estimate of drug-likeness (QED) is 0.0751. The maximum Gasteiger partial charge on any atom is 0.335 e. The number of hydrogen-bond acceptors (Lipinski definition) is 6. The minimum absolute atomic E-state index is 0.478. The van der Waals surface area contributed by atoms with Crippen LogP contribution in [0.25, 0.3) is 32.7 Å². The number of hydrogen-bond donors (Lipinski definition) is 0. The molecule has 8 aromatic rings. The molecule has 0 saturated carbocycles. The Hall–Kier alpha value is -7.70. The second-order valence-electron chi connectivity index (χ2n) is 12.9. The average Bonchev–Trinajstić information content (AvgIpc) is 3.25. The maximum atomic E-state index is 12.1. The third-order valence-electron chi connectivity index (χ3n) is 9.57. The Labute approximate surface area is 325 Å². The average molecular weight is 729 g/mol. The molecule has 0 aromatic heterocycles. The summed E-state index contributed by atoms with van der Waals surface area (Å²) in [7, 11) is 0. The van der Waals surface area contributed by atoms with Gasteiger partial charge in [-0.15, -0.1) is 0 Å². The lowest BCUT2D eigenvalue weighted by Gasteiger charge is -2.27. The first-order valence-corrected chi connectivity index (χ1v) is 18.2. The van der Waals surface area contributed by atoms with Gasteiger partial charge in [0.1, 0.15) is 11.5 Å². The van der Waals surface area contributed by atoms with Crippen LogP contribution in [0.3, 0.4) is 0 Å². The van der Waals surface area contributed by atoms with Crippen molar-refractivity contribution in [3.63, 3.8) is 0 Å². The predicted octanol–water partition coefficient (Wildman–Crippen LogP) is 12.8. The summed E-state index contributed by atoms with van der Waals surface area (Å²) < 4.78 is 11.2. The minimum atomic E-state index is -0.505. The molecule has 8 rings (SSSR count). The van der Waals surface area contributed by atoms with Gasteiger partial charge in [-0.1, -0.05) is 122 Å². The number of rotatable bonds is 11. The number of benzene rings is 8. The number of fused-ring (bicyclic) bond motifs is 2. The lowest BCUT2D eigenvalue weighted by Crippen LogP contribution is -2.11. The molecule has 0 saturated heterocycles. The monoisotopic (exact) mass is 728 g/mol. The molecule has 0 heterocycles. The number of esters is 2. The van der Waals surface area contributed by atoms with Crippen LogP contribution in [0.1, 0.15) is 0 Å². The van der Waals surface area contributed by atoms with Crippen molar-refractivity contribution in [1.29, 1.82) is 0 Å². The van der Waals surface area contributed by atoms with Gasteiger partial charge in [0.2, 0.25) is 0 Å². The number of para-hydroxylation sites is 2. The van der Waals surface area contributed by atoms with Crippen molar-refractivity contribution >= 4 is 67.6 Å². The Kier molecular flexibility index (Phi) is 9.92. The Balaban J connectivity index is 1.15. The summed E-state index contributed by atoms with van der Waals surface area (Å²) in [5.41, 5.74) is 7.95. The normalized spacial score (nSPS) is 10.8. The highest BCUT2D eigenvalue weighted by Crippen LogP contribution is 2.43. The largest absolute Gasteiger partial charge is 0.423 e. The van der Waals surface area contributed by atoms with Gasteiger partial charge in [0.05, 0.1) is 11.4 Å². The first-order valence-electron chi connectivity index (χ1n) is 18.2. The molecule has 0 aliphatic carbocycles. The van der Waals surface area contributed by atoms with Crippen LogP contribution >= 0.6 is 0 Å². The van der Waals surface area contributed by atoms with Crippen LogP contribution in [-0.2, 0) is 9.59 Å². The number of carbonyl (C=O) groups excluding carboxylic acids is 2. The SMILES string of the molecule is C=CC(=O)Oc1cccc2c(N(c3ccccc3)c3ccc(-c4ccc(N(c5ccccc5)c5cccc6c(OC(=O)C=C)cccc56)cc4)cc3)cccc12. The summed E-state index contributed by atoms with van der Waals surface area (Å²) in [6, 6.07) is 60.9. The number of carbonyl (C=O) groups is 2. The molecule has 0 radical (unpaired) electrons. The van der Waals surface area contributed by atoms with E-state index in [1.807, 2.05) is 84.9 Å². The Morgan fingerprint density at radius 3 is 1.09 bits per heavy atom. The first kappa shape index (κ1) is 35.3. The van der Waals surface area contributed by atoms with Crippen molar-refractivity contribution in [1.82, 2.24) is 0 Å². The zero-order chi connectivity index (χ0) is 38.4. The molecule has 0 fully saturated rings. The lowest BCUT2D eigenvalue weighted by molar-refractivity contribution is -0.129. The summed E-state index contributed by atoms with van der Waals surface area (Å²) in [6.45, 7) is 7.10. The van der Waals surface area contributed by atoms with E-state index < -0.39 is 11.9 Å². The second kappa shape index (κ2) is 15.7. The molecule has 0 aliphatic heterocycles. The van der Waals surface area contributed by atoms with Crippen LogP contribution in [0.5, 0.6) is 11.5 Å². The van der Waals surface area contributed by atoms with Gasteiger partial charge >= 0.3 is 11.9 Å². The van der Waals surface area contributed by atoms with Crippen molar-refractivity contribution in [3.05, 3.63) is 207 Å². The zero-order valence-electron chi connectivity index (χ0n) is 30.4. The highest BCUT2D eigenvalue weighted by atomic mass is 16.5. The molecule has 0 atom stereocenters. The zero-order valence-corrected chi connectivity index (χ0v) is 30.4. The smallest absolute Gasteiger partial charge is 0.335 e. The summed E-state index contributed by atoms with van der Waals surface area (Å²) >= 11 is 0. The van der Waals surface area contributed by atoms with E-state index in [0.29, 0.717) is 11.5 Å². The van der Waals surface area contributed by atoms with E-state index in [0.717, 1.165) is 66.8 Å². The van der Waals surface area contributed by atoms with Gasteiger partial charge in [-0.05, 0) is 83.9 Å². The van der Waals surface area contributed by atoms with Crippen LogP contribution in [0.15, 0.2) is 207 Å². The summed E-state index contributed by atoms with van der Waals surface area (Å²) in [6.07, 6.45) is 2.33. The molecule has 0 N–H and O–H groups in total. The molecule has 0 spiro atoms. The highest BCUT2D eigenvalue weighted by Gasteiger charge is 2.19. The van der Waals surface area contributed by atoms with Gasteiger partial charge in [0, 0.05) is 56.4 Å². The van der Waals surface area contributed by atoms with Crippen molar-refractivity contribution in [2.75, 3.05) is 9.80 Å². The van der Waals surface area contributed by atoms with Crippen molar-refractivity contribution in [2.24, 2.45) is 0 Å². The van der Waals surface area contributed by atoms with Crippen LogP contribution in [0, 0.1) is 0 Å². The standard InChI is InChI=1S/C50H36N2O4/c1-3-49(53)55-47-25-13-19-41-43(47)21-11-23-45(41)51(37-15-7-5-8-16-37)39-31-27-35(28-32-39)36-29-33-40(34-30-36)52(38-17-9-6-10-18-38)46-24-12-22-44-42(46)20-14-26-48(44)56-50(54)4-2/h3-34H,1-2H2. The van der Waals surface area contributed by atoms with Gasteiger partial charge in [-0.3, -0.25) is 0 Å². The minimum Gasteiger partial charge on any atom is -0.423 e. The number of ether oxygens (including phenoxy) is 2. The molecule has 6 heteroatoms. The molecule has 0 unspecified atom stereocenters. The highest BCUT2D eigenvalue weighted by molar-refractivity contribution is 6.04. The third kappa shape index (κ3) is 7.02. The third-order valence-corrected chi connectivity index (χ3v) is 9.57. The van der Waals surface area contributed by atoms with E-state index in [9.17, 15) is 9.59 Å². The van der Waals surface area contributed by atoms with Crippen LogP contribution < -0.4 is 19.3 Å². The van der Waals surface area contributed by atoms with E-state index in [2.05, 4.69) is 108 Å². The second-order valence-corrected chi connectivity index (χ2v) is 12.9. The fraction of sp³-hybridized carbons (Fsp3) is 0. The molecule has 270 valence electrons. The molecular weight excluding hydrogens is 693 g/mol. The molecule has 56 heavy (non-hydrogen) atoms. The molecule has 0 bridgehead atoms. The van der Waals surface area contributed by atoms with Crippen molar-refractivity contribution in [3.8, 4) is 22.6 Å². The Morgan fingerprint density at radius 2 is 0.714 bits per heavy atom. The van der Waals surface area contributed by atoms with E-state index in [-0.39, 0.29) is 0 Å². The van der Waals surface area contributed by atoms with Crippen molar-refractivity contribution < 1.29 is 19.1 Å². The number of nitrogens with zero attached hydrogens (tertiary/aromatic N) is 2. The fourth-order valence-electron chi connectivity index (χ4n) is 7.01. The van der Waals surface area contributed by atoms with Gasteiger partial charge in [0.15, 0.2) is 0 Å². The Morgan fingerprint density at radius 1 is 0.375 bits per heavy atom. The van der Waals surface area contributed by atoms with Crippen LogP contribution in [0.4, 0.5) is 34.1 Å². The van der Waals surface area contributed by atoms with Crippen LogP contribution in [-0.4, -0.2) is 11.9 Å². The number of anilines is 6. The van der Waals surface area contributed by atoms with Crippen LogP contribution in [0.2, 0.25) is 0 Å². The molecule has 8 aromatic carbocycles. The van der Waals surface area contributed by atoms with Crippen molar-refractivity contribution in [2.45, 2.75) is 0 Å². The topological polar surface area (TPSA) is 59.1 Å². The summed E-state index contributed by atoms with van der Waals surface area (Å²) in [4.78, 5) is 28.7. The van der Waals surface area contributed by atoms with E-state index in [1.54, 1.807) is 12.1 Å². The first-order chi connectivity index (χ1) is 27.5. The van der Waals surface area contributed by atoms with E-state index >= 15 is 0 Å². The molecule has 0 aliphatic rings. The summed E-state index contributed by atoms with van der Waals surface area (Å²) in [5, 5.41) is 3.52. The molecule has 6 nitrogen and oxygen atoms in total. The lowest BCUT2D eigenvalue weighted by atomic mass is 10.0. The van der Waals surface area contributed by atoms with Gasteiger partial charge in [0.25, 0.3) is 0 Å².